The smallest absolute Gasteiger partial charge is 0.329 e. The molecule has 5 aromatic rings. The fourth-order valence-electron chi connectivity index (χ4n) is 16.4. The summed E-state index contributed by atoms with van der Waals surface area (Å²) in [5, 5.41) is 40.7. The van der Waals surface area contributed by atoms with Crippen LogP contribution in [0.15, 0.2) is 82.7 Å². The zero-order chi connectivity index (χ0) is 88.9. The molecule has 7 heterocycles. The number of methoxy groups -OCH3 is 3. The number of nitrogens with zero attached hydrogens (tertiary/aromatic N) is 9. The molecule has 1 aromatic carbocycles. The van der Waals surface area contributed by atoms with Crippen LogP contribution in [-0.2, 0) is 110 Å². The first-order valence-electron chi connectivity index (χ1n) is 44.3. The topological polar surface area (TPSA) is 431 Å². The zero-order valence-electron chi connectivity index (χ0n) is 74.3. The third-order valence-electron chi connectivity index (χ3n) is 23.7. The van der Waals surface area contributed by atoms with E-state index in [0.29, 0.717) is 234 Å². The van der Waals surface area contributed by atoms with Gasteiger partial charge < -0.3 is 97.9 Å². The molecule has 0 spiro atoms. The molecule has 1 aliphatic carbocycles. The number of nitrogens with one attached hydrogen (secondary N) is 1. The lowest BCUT2D eigenvalue weighted by Crippen LogP contribution is -2.61. The van der Waals surface area contributed by atoms with E-state index in [1.54, 1.807) is 56.5 Å². The molecule has 2 bridgehead atoms. The number of benzene rings is 1. The number of oxazole rings is 1. The summed E-state index contributed by atoms with van der Waals surface area (Å²) in [4.78, 5) is 98.8. The van der Waals surface area contributed by atoms with Crippen molar-refractivity contribution in [1.82, 2.24) is 49.9 Å². The highest BCUT2D eigenvalue weighted by atomic mass is 16.6. The quantitative estimate of drug-likeness (QED) is 0.0105. The van der Waals surface area contributed by atoms with Gasteiger partial charge in [-0.1, -0.05) is 76.3 Å². The molecule has 34 nitrogen and oxygen atoms in total. The molecule has 3 aliphatic heterocycles. The average molecular weight is 1740 g/mol. The van der Waals surface area contributed by atoms with Crippen molar-refractivity contribution < 1.29 is 105 Å². The second kappa shape index (κ2) is 52.2. The minimum absolute atomic E-state index is 0.00780. The number of aliphatic hydroxyl groups excluding tert-OH is 1. The summed E-state index contributed by atoms with van der Waals surface area (Å²) < 4.78 is 85.6. The van der Waals surface area contributed by atoms with E-state index in [1.807, 2.05) is 76.4 Å². The Morgan fingerprint density at radius 2 is 1.45 bits per heavy atom. The predicted octanol–water partition coefficient (Wildman–Crippen LogP) is 9.38. The third-order valence-corrected chi connectivity index (χ3v) is 23.7. The molecule has 124 heavy (non-hydrogen) atoms. The van der Waals surface area contributed by atoms with E-state index < -0.39 is 77.8 Å². The number of fused-ring (bicyclic) bond motifs is 5. The molecular weight excluding hydrogens is 1600 g/mol. The Bertz CT molecular complexity index is 4260. The number of hydrogen-bond donors (Lipinski definition) is 5. The van der Waals surface area contributed by atoms with Crippen LogP contribution in [-0.4, -0.2) is 271 Å². The number of hydrogen-bond acceptors (Lipinski definition) is 30. The first-order chi connectivity index (χ1) is 59.9. The SMILES string of the molecule is CO[C@H]1C[C@@H]2CC[C@@H](C)[C@@](O)(O2)C(=O)C(=O)N2CCCC[C@H]2C(=O)O[C@H]([C@H](C)C[C@@H]2CC[C@@H](OCCOCc3cn(CCOCCOCCOCCOCCCCCOCCOCCNC(=O)CCCCn4nc(-c5ccc6oc(N)nc6c5)c5c(N)ncnc54)nn3)[C@H](OC)C2)CC(=O)[C@H](C)/C=C(\C)[C@@H](O)[C@@H](OC)C(=O)[C@H](C)C[C@H](C)/C=C/C=C/C=C/1C. The lowest BCUT2D eigenvalue weighted by molar-refractivity contribution is -0.265. The lowest BCUT2D eigenvalue weighted by atomic mass is 9.78. The maximum atomic E-state index is 14.8. The molecule has 3 fully saturated rings. The van der Waals surface area contributed by atoms with Crippen molar-refractivity contribution in [2.24, 2.45) is 35.5 Å². The number of amides is 2. The summed E-state index contributed by atoms with van der Waals surface area (Å²) in [7, 11) is 4.61. The number of piperidine rings is 1. The van der Waals surface area contributed by atoms with Gasteiger partial charge >= 0.3 is 5.97 Å². The Labute approximate surface area is 728 Å². The fourth-order valence-corrected chi connectivity index (χ4v) is 16.4. The van der Waals surface area contributed by atoms with Gasteiger partial charge in [0.15, 0.2) is 17.0 Å². The first-order valence-corrected chi connectivity index (χ1v) is 44.3. The van der Waals surface area contributed by atoms with E-state index >= 15 is 0 Å². The molecule has 688 valence electrons. The summed E-state index contributed by atoms with van der Waals surface area (Å²) in [6.45, 7) is 20.8. The molecule has 15 atom stereocenters. The summed E-state index contributed by atoms with van der Waals surface area (Å²) in [6.07, 6.45) is 19.2. The van der Waals surface area contributed by atoms with Crippen LogP contribution >= 0.6 is 0 Å². The zero-order valence-corrected chi connectivity index (χ0v) is 74.3. The number of Topliss-reactive ketones (excluding diaryl/α,β-unsaturated/α-hetero) is 3. The van der Waals surface area contributed by atoms with E-state index in [-0.39, 0.29) is 79.4 Å². The molecule has 0 radical (unpaired) electrons. The number of cyclic esters (lactones) is 1. The van der Waals surface area contributed by atoms with Gasteiger partial charge in [0.2, 0.25) is 11.7 Å². The number of aliphatic hydroxyl groups is 2. The molecule has 9 rings (SSSR count). The number of esters is 1. The predicted molar refractivity (Wildman–Crippen MR) is 461 cm³/mol. The number of allylic oxidation sites excluding steroid dienone is 6. The Balaban J connectivity index is 0.601. The van der Waals surface area contributed by atoms with Crippen LogP contribution < -0.4 is 16.8 Å². The molecule has 4 aliphatic rings. The van der Waals surface area contributed by atoms with Gasteiger partial charge in [-0.3, -0.25) is 24.0 Å². The molecule has 7 N–H and O–H groups in total. The van der Waals surface area contributed by atoms with Crippen LogP contribution in [0.1, 0.15) is 170 Å². The molecule has 4 aromatic heterocycles. The first kappa shape index (κ1) is 99.6. The van der Waals surface area contributed by atoms with Crippen LogP contribution in [0.5, 0.6) is 0 Å². The highest BCUT2D eigenvalue weighted by Crippen LogP contribution is 2.39. The number of rotatable bonds is 42. The van der Waals surface area contributed by atoms with E-state index in [0.717, 1.165) is 36.8 Å². The van der Waals surface area contributed by atoms with E-state index in [1.165, 1.54) is 18.3 Å². The van der Waals surface area contributed by atoms with Gasteiger partial charge in [0.1, 0.15) is 59.2 Å². The molecule has 1 saturated carbocycles. The van der Waals surface area contributed by atoms with Gasteiger partial charge in [-0.05, 0) is 157 Å². The van der Waals surface area contributed by atoms with Crippen molar-refractivity contribution in [2.45, 2.75) is 238 Å². The second-order valence-corrected chi connectivity index (χ2v) is 33.3. The Kier molecular flexibility index (Phi) is 41.9. The highest BCUT2D eigenvalue weighted by molar-refractivity contribution is 6.39. The van der Waals surface area contributed by atoms with Crippen LogP contribution in [0.25, 0.3) is 33.4 Å². The summed E-state index contributed by atoms with van der Waals surface area (Å²) in [5.74, 6) is -8.01. The monoisotopic (exact) mass is 1740 g/mol. The maximum Gasteiger partial charge on any atom is 0.329 e. The Morgan fingerprint density at radius 1 is 0.734 bits per heavy atom. The average Bonchev–Trinajstić information content (AvgIpc) is 1.71. The number of nitrogen functional groups attached to an aromatic ring is 2. The molecular formula is C90H136N12O22. The van der Waals surface area contributed by atoms with Gasteiger partial charge in [0.05, 0.1) is 128 Å². The summed E-state index contributed by atoms with van der Waals surface area (Å²) in [5.41, 5.74) is 17.1. The fraction of sp³-hybridized carbons (Fsp3) is 0.689. The Morgan fingerprint density at radius 3 is 2.18 bits per heavy atom. The van der Waals surface area contributed by atoms with Gasteiger partial charge in [-0.15, -0.1) is 5.10 Å². The van der Waals surface area contributed by atoms with Crippen molar-refractivity contribution in [3.63, 3.8) is 0 Å². The number of unbranched alkanes of at least 4 members (excludes halogenated alkanes) is 3. The van der Waals surface area contributed by atoms with Crippen molar-refractivity contribution in [3.8, 4) is 11.3 Å². The normalized spacial score (nSPS) is 26.9. The van der Waals surface area contributed by atoms with Crippen molar-refractivity contribution in [3.05, 3.63) is 84.0 Å². The highest BCUT2D eigenvalue weighted by Gasteiger charge is 2.53. The van der Waals surface area contributed by atoms with Crippen molar-refractivity contribution >= 4 is 69.1 Å². The number of ether oxygens (including phenoxy) is 13. The molecule has 0 unspecified atom stereocenters. The van der Waals surface area contributed by atoms with E-state index in [4.69, 9.17) is 82.6 Å². The van der Waals surface area contributed by atoms with Crippen molar-refractivity contribution in [2.75, 3.05) is 138 Å². The van der Waals surface area contributed by atoms with Crippen LogP contribution in [0, 0.1) is 35.5 Å². The number of anilines is 2. The summed E-state index contributed by atoms with van der Waals surface area (Å²) in [6, 6.07) is 4.39. The maximum absolute atomic E-state index is 14.8. The minimum Gasteiger partial charge on any atom is -0.460 e. The molecule has 34 heteroatoms. The number of nitrogens with two attached hydrogens (primary N) is 2. The number of aromatic nitrogens is 8. The van der Waals surface area contributed by atoms with Crippen LogP contribution in [0.2, 0.25) is 0 Å². The number of aryl methyl sites for hydroxylation is 1. The largest absolute Gasteiger partial charge is 0.460 e. The van der Waals surface area contributed by atoms with Crippen LogP contribution in [0.4, 0.5) is 11.8 Å². The lowest BCUT2D eigenvalue weighted by Gasteiger charge is -2.42. The van der Waals surface area contributed by atoms with Gasteiger partial charge in [0, 0.05) is 96.8 Å². The van der Waals surface area contributed by atoms with Gasteiger partial charge in [-0.25, -0.2) is 24.1 Å². The van der Waals surface area contributed by atoms with E-state index in [9.17, 15) is 39.0 Å². The standard InChI is InChI=1S/C90H136N12O22/c1-59-21-13-11-14-22-60(2)75(111-8)54-69-28-25-65(7)90(110,124-69)84(107)87(108)101-32-17-15-23-71(101)88(109)122-76(55-72(103)61(3)50-64(6)82(106)83(113-10)81(105)63(5)49-59)62(4)51-66-26-29-74(77(52-66)112-9)121-48-47-120-57-68-56-100(99-97-68)34-38-117-42-44-119-46-45-118-43-40-115-36-20-12-19-35-114-39-41-116-37-31-93-78(104)24-16-18-33-102-86-79(85(91)94-58-95-86)80(98-102)67-27-30-73-70(53-67)96-89(92)123-73/h11,13-14,21-22,27,30,50,53,56,58-59,61-63,65-66,69,71,74-77,82-83,106,110H,12,15-20,23-26,28-29,31-49,51-52,54-55,57H2,1-10H3,(H2,92,96)(H,93,104)(H2,91,94,95)/b14-11+,21-13+,60-22+,64-50+/t59-,61-,62-,63-,65-,66+,69+,71+,74-,75+,76+,77-,82-,83+,90-/m1/s1. The number of ketones is 3. The second-order valence-electron chi connectivity index (χ2n) is 33.3. The minimum atomic E-state index is -2.47. The van der Waals surface area contributed by atoms with Crippen molar-refractivity contribution in [1.29, 1.82) is 0 Å². The third kappa shape index (κ3) is 30.5. The van der Waals surface area contributed by atoms with Gasteiger partial charge in [-0.2, -0.15) is 10.1 Å². The molecule has 2 saturated heterocycles. The summed E-state index contributed by atoms with van der Waals surface area (Å²) >= 11 is 0. The van der Waals surface area contributed by atoms with Crippen LogP contribution in [0.3, 0.4) is 0 Å². The number of carbonyl (C=O) groups is 6. The van der Waals surface area contributed by atoms with Gasteiger partial charge in [0.25, 0.3) is 17.7 Å². The Hall–Kier alpha value is -8.20. The van der Waals surface area contributed by atoms with E-state index in [2.05, 4.69) is 30.6 Å². The number of carbonyl (C=O) groups excluding carboxylic acids is 6. The molecule has 2 amide bonds.